The monoisotopic (exact) mass is 363 g/mol. The number of aromatic nitrogens is 5. The number of nitrogens with zero attached hydrogens (tertiary/aromatic N) is 4. The maximum atomic E-state index is 12.1. The van der Waals surface area contributed by atoms with E-state index in [0.717, 1.165) is 0 Å². The van der Waals surface area contributed by atoms with Crippen LogP contribution in [-0.2, 0) is 4.74 Å². The molecule has 1 saturated heterocycles. The first-order valence-electron chi connectivity index (χ1n) is 7.85. The van der Waals surface area contributed by atoms with Gasteiger partial charge in [-0.05, 0) is 6.92 Å². The van der Waals surface area contributed by atoms with Crippen LogP contribution >= 0.6 is 0 Å². The minimum Gasteiger partial charge on any atom is -0.480 e. The molecule has 4 rings (SSSR count). The molecule has 11 nitrogen and oxygen atoms in total. The third-order valence-corrected chi connectivity index (χ3v) is 4.63. The highest BCUT2D eigenvalue weighted by Crippen LogP contribution is 2.39. The van der Waals surface area contributed by atoms with Crippen molar-refractivity contribution in [1.29, 1.82) is 0 Å². The van der Waals surface area contributed by atoms with Crippen molar-refractivity contribution in [3.63, 3.8) is 0 Å². The Morgan fingerprint density at radius 1 is 1.50 bits per heavy atom. The van der Waals surface area contributed by atoms with E-state index >= 15 is 0 Å². The Morgan fingerprint density at radius 3 is 2.92 bits per heavy atom. The second-order valence-electron chi connectivity index (χ2n) is 6.33. The lowest BCUT2D eigenvalue weighted by molar-refractivity contribution is -0.102. The van der Waals surface area contributed by atoms with Crippen LogP contribution in [0.3, 0.4) is 0 Å². The Balaban J connectivity index is 1.99. The minimum atomic E-state index is -1.71. The van der Waals surface area contributed by atoms with E-state index in [1.54, 1.807) is 0 Å². The van der Waals surface area contributed by atoms with Crippen molar-refractivity contribution < 1.29 is 24.8 Å². The molecule has 0 aliphatic carbocycles. The fourth-order valence-corrected chi connectivity index (χ4v) is 3.28. The molecule has 4 heterocycles. The fourth-order valence-electron chi connectivity index (χ4n) is 3.28. The number of ether oxygens (including phenoxy) is 2. The first-order chi connectivity index (χ1) is 12.4. The Kier molecular flexibility index (Phi) is 3.70. The van der Waals surface area contributed by atoms with Crippen molar-refractivity contribution in [3.05, 3.63) is 22.7 Å². The number of H-pyrrole nitrogens is 1. The van der Waals surface area contributed by atoms with Crippen LogP contribution in [0.15, 0.2) is 17.2 Å². The summed E-state index contributed by atoms with van der Waals surface area (Å²) < 4.78 is 12.1. The minimum absolute atomic E-state index is 0.122. The Morgan fingerprint density at radius 2 is 2.27 bits per heavy atom. The maximum absolute atomic E-state index is 12.1. The summed E-state index contributed by atoms with van der Waals surface area (Å²) in [5.74, 6) is 0.203. The zero-order valence-electron chi connectivity index (χ0n) is 13.9. The van der Waals surface area contributed by atoms with E-state index in [-0.39, 0.29) is 11.4 Å². The Labute approximate surface area is 145 Å². The van der Waals surface area contributed by atoms with Gasteiger partial charge in [-0.25, -0.2) is 14.8 Å². The highest BCUT2D eigenvalue weighted by atomic mass is 16.6. The molecule has 11 heteroatoms. The molecule has 3 aromatic heterocycles. The lowest BCUT2D eigenvalue weighted by atomic mass is 9.97. The molecule has 4 atom stereocenters. The molecular weight excluding hydrogens is 346 g/mol. The van der Waals surface area contributed by atoms with Crippen molar-refractivity contribution in [1.82, 2.24) is 25.0 Å². The predicted octanol–water partition coefficient (Wildman–Crippen LogP) is -1.32. The third kappa shape index (κ3) is 2.22. The topological polar surface area (TPSA) is 156 Å². The van der Waals surface area contributed by atoms with Crippen molar-refractivity contribution in [3.8, 4) is 5.88 Å². The van der Waals surface area contributed by atoms with Crippen LogP contribution in [0.5, 0.6) is 5.88 Å². The van der Waals surface area contributed by atoms with E-state index < -0.39 is 36.2 Å². The SMILES string of the molecule is COc1nc2c(=O)[nH]ncc3nn([C@@H]4O[C@H](CO)[C@@H](O)[C@@]4(C)O)cc1c32. The van der Waals surface area contributed by atoms with E-state index in [0.29, 0.717) is 16.3 Å². The molecule has 0 aromatic carbocycles. The summed E-state index contributed by atoms with van der Waals surface area (Å²) in [5.41, 5.74) is -1.77. The van der Waals surface area contributed by atoms with Crippen LogP contribution in [0.1, 0.15) is 13.2 Å². The van der Waals surface area contributed by atoms with Gasteiger partial charge in [0.2, 0.25) is 5.88 Å². The van der Waals surface area contributed by atoms with E-state index in [4.69, 9.17) is 9.47 Å². The normalized spacial score (nSPS) is 28.9. The highest BCUT2D eigenvalue weighted by Gasteiger charge is 2.53. The van der Waals surface area contributed by atoms with Crippen LogP contribution in [-0.4, -0.2) is 71.8 Å². The van der Waals surface area contributed by atoms with Gasteiger partial charge in [-0.1, -0.05) is 0 Å². The number of aliphatic hydroxyl groups excluding tert-OH is 2. The van der Waals surface area contributed by atoms with Gasteiger partial charge in [0.1, 0.15) is 28.8 Å². The number of nitrogens with one attached hydrogen (secondary N) is 1. The van der Waals surface area contributed by atoms with Crippen molar-refractivity contribution >= 4 is 21.8 Å². The fraction of sp³-hybridized carbons (Fsp3) is 0.467. The number of methoxy groups -OCH3 is 1. The zero-order valence-corrected chi connectivity index (χ0v) is 13.9. The second kappa shape index (κ2) is 5.71. The van der Waals surface area contributed by atoms with Gasteiger partial charge in [0, 0.05) is 11.6 Å². The van der Waals surface area contributed by atoms with Gasteiger partial charge in [0.15, 0.2) is 6.23 Å². The van der Waals surface area contributed by atoms with Crippen LogP contribution in [0.2, 0.25) is 0 Å². The molecule has 0 unspecified atom stereocenters. The lowest BCUT2D eigenvalue weighted by Crippen LogP contribution is -2.44. The molecule has 0 saturated carbocycles. The summed E-state index contributed by atoms with van der Waals surface area (Å²) >= 11 is 0. The van der Waals surface area contributed by atoms with Crippen molar-refractivity contribution in [2.75, 3.05) is 13.7 Å². The molecule has 0 bridgehead atoms. The third-order valence-electron chi connectivity index (χ3n) is 4.63. The summed E-state index contributed by atoms with van der Waals surface area (Å²) in [5, 5.41) is 41.6. The van der Waals surface area contributed by atoms with Gasteiger partial charge in [-0.15, -0.1) is 0 Å². The lowest BCUT2D eigenvalue weighted by Gasteiger charge is -2.27. The summed E-state index contributed by atoms with van der Waals surface area (Å²) in [7, 11) is 1.42. The van der Waals surface area contributed by atoms with E-state index in [9.17, 15) is 20.1 Å². The van der Waals surface area contributed by atoms with Gasteiger partial charge < -0.3 is 24.8 Å². The largest absolute Gasteiger partial charge is 0.480 e. The molecule has 0 spiro atoms. The molecule has 3 aromatic rings. The van der Waals surface area contributed by atoms with Crippen LogP contribution in [0.25, 0.3) is 21.8 Å². The molecule has 1 aliphatic rings. The number of hydrogen-bond donors (Lipinski definition) is 4. The second-order valence-corrected chi connectivity index (χ2v) is 6.33. The van der Waals surface area contributed by atoms with Gasteiger partial charge in [-0.2, -0.15) is 10.2 Å². The van der Waals surface area contributed by atoms with Crippen molar-refractivity contribution in [2.45, 2.75) is 31.0 Å². The standard InChI is InChI=1S/C15H17N5O6/c1-15(24)11(22)8(5-21)26-14(15)20-4-6-9-7(19-20)3-16-18-12(23)10(9)17-13(6)25-2/h3-4,8,11,14,21-22,24H,5H2,1-2H3,(H,18,23)/t8-,11-,14-,15-/m1/s1. The average molecular weight is 363 g/mol. The summed E-state index contributed by atoms with van der Waals surface area (Å²) in [6.07, 6.45) is -0.511. The molecule has 1 fully saturated rings. The molecule has 4 N–H and O–H groups in total. The van der Waals surface area contributed by atoms with Crippen LogP contribution in [0.4, 0.5) is 0 Å². The number of aliphatic hydroxyl groups is 3. The van der Waals surface area contributed by atoms with Crippen molar-refractivity contribution in [2.24, 2.45) is 0 Å². The van der Waals surface area contributed by atoms with E-state index in [2.05, 4.69) is 20.3 Å². The van der Waals surface area contributed by atoms with Crippen LogP contribution < -0.4 is 10.3 Å². The molecule has 0 amide bonds. The van der Waals surface area contributed by atoms with Gasteiger partial charge in [-0.3, -0.25) is 4.79 Å². The summed E-state index contributed by atoms with van der Waals surface area (Å²) in [4.78, 5) is 16.3. The number of hydrogen-bond acceptors (Lipinski definition) is 9. The summed E-state index contributed by atoms with van der Waals surface area (Å²) in [6.45, 7) is 0.925. The molecule has 1 aliphatic heterocycles. The highest BCUT2D eigenvalue weighted by molar-refractivity contribution is 6.08. The zero-order chi connectivity index (χ0) is 18.6. The molecular formula is C15H17N5O6. The average Bonchev–Trinajstić information content (AvgIpc) is 3.04. The first kappa shape index (κ1) is 16.8. The Bertz CT molecular complexity index is 1040. The Hall–Kier alpha value is -2.60. The van der Waals surface area contributed by atoms with E-state index in [1.807, 2.05) is 0 Å². The molecule has 0 radical (unpaired) electrons. The first-order valence-corrected chi connectivity index (χ1v) is 7.85. The number of aromatic amines is 1. The maximum Gasteiger partial charge on any atom is 0.290 e. The van der Waals surface area contributed by atoms with Gasteiger partial charge in [0.25, 0.3) is 5.56 Å². The summed E-state index contributed by atoms with van der Waals surface area (Å²) in [6, 6.07) is 0. The van der Waals surface area contributed by atoms with E-state index in [1.165, 1.54) is 31.1 Å². The smallest absolute Gasteiger partial charge is 0.290 e. The van der Waals surface area contributed by atoms with Gasteiger partial charge >= 0.3 is 0 Å². The van der Waals surface area contributed by atoms with Gasteiger partial charge in [0.05, 0.1) is 25.3 Å². The quantitative estimate of drug-likeness (QED) is 0.443. The predicted molar refractivity (Wildman–Crippen MR) is 87.6 cm³/mol. The van der Waals surface area contributed by atoms with Crippen LogP contribution in [0, 0.1) is 0 Å². The number of rotatable bonds is 3. The molecule has 138 valence electrons. The molecule has 26 heavy (non-hydrogen) atoms.